The lowest BCUT2D eigenvalue weighted by Crippen LogP contribution is -2.40. The minimum atomic E-state index is -0.253. The van der Waals surface area contributed by atoms with E-state index < -0.39 is 0 Å². The van der Waals surface area contributed by atoms with E-state index in [0.29, 0.717) is 19.1 Å². The average Bonchev–Trinajstić information content (AvgIpc) is 2.44. The topological polar surface area (TPSA) is 18.5 Å². The first-order chi connectivity index (χ1) is 10.2. The van der Waals surface area contributed by atoms with Crippen LogP contribution in [0.5, 0.6) is 0 Å². The lowest BCUT2D eigenvalue weighted by atomic mass is 9.58. The summed E-state index contributed by atoms with van der Waals surface area (Å²) in [7, 11) is 0. The summed E-state index contributed by atoms with van der Waals surface area (Å²) >= 11 is 0. The standard InChI is InChI=1S/C20H32O2/c1-8-21-18(22-9-2)15-10-11-16-17(12-15)20(6,7)14(3)13-19(16,4)5/h10-12,14,18H,8-9,13H2,1-7H3. The summed E-state index contributed by atoms with van der Waals surface area (Å²) < 4.78 is 11.6. The average molecular weight is 304 g/mol. The highest BCUT2D eigenvalue weighted by atomic mass is 16.7. The molecule has 0 heterocycles. The Labute approximate surface area is 136 Å². The third-order valence-corrected chi connectivity index (χ3v) is 5.42. The first-order valence-corrected chi connectivity index (χ1v) is 8.62. The molecule has 2 nitrogen and oxygen atoms in total. The molecule has 22 heavy (non-hydrogen) atoms. The molecule has 0 saturated heterocycles. The van der Waals surface area contributed by atoms with Crippen molar-refractivity contribution in [1.82, 2.24) is 0 Å². The maximum absolute atomic E-state index is 5.78. The molecule has 1 aliphatic carbocycles. The van der Waals surface area contributed by atoms with Crippen LogP contribution < -0.4 is 0 Å². The van der Waals surface area contributed by atoms with E-state index >= 15 is 0 Å². The van der Waals surface area contributed by atoms with Crippen LogP contribution in [0.2, 0.25) is 0 Å². The number of ether oxygens (including phenoxy) is 2. The molecule has 1 aromatic carbocycles. The largest absolute Gasteiger partial charge is 0.349 e. The van der Waals surface area contributed by atoms with Gasteiger partial charge in [0, 0.05) is 18.8 Å². The smallest absolute Gasteiger partial charge is 0.183 e. The summed E-state index contributed by atoms with van der Waals surface area (Å²) in [5, 5.41) is 0. The molecule has 1 aromatic rings. The number of fused-ring (bicyclic) bond motifs is 1. The summed E-state index contributed by atoms with van der Waals surface area (Å²) in [5.74, 6) is 0.655. The zero-order valence-electron chi connectivity index (χ0n) is 15.3. The molecule has 0 N–H and O–H groups in total. The maximum Gasteiger partial charge on any atom is 0.183 e. The van der Waals surface area contributed by atoms with Crippen molar-refractivity contribution in [2.75, 3.05) is 13.2 Å². The normalized spacial score (nSPS) is 22.6. The molecule has 2 heteroatoms. The van der Waals surface area contributed by atoms with Gasteiger partial charge in [-0.15, -0.1) is 0 Å². The lowest BCUT2D eigenvalue weighted by Gasteiger charge is -2.46. The first-order valence-electron chi connectivity index (χ1n) is 8.62. The van der Waals surface area contributed by atoms with Crippen molar-refractivity contribution in [3.8, 4) is 0 Å². The van der Waals surface area contributed by atoms with Crippen molar-refractivity contribution in [2.24, 2.45) is 5.92 Å². The fourth-order valence-corrected chi connectivity index (χ4v) is 3.77. The fraction of sp³-hybridized carbons (Fsp3) is 0.700. The Morgan fingerprint density at radius 1 is 1.05 bits per heavy atom. The van der Waals surface area contributed by atoms with Crippen LogP contribution in [0.25, 0.3) is 0 Å². The van der Waals surface area contributed by atoms with E-state index in [9.17, 15) is 0 Å². The van der Waals surface area contributed by atoms with Crippen molar-refractivity contribution in [2.45, 2.75) is 72.0 Å². The SMILES string of the molecule is CCOC(OCC)c1ccc2c(c1)C(C)(C)C(C)CC2(C)C. The quantitative estimate of drug-likeness (QED) is 0.682. The van der Waals surface area contributed by atoms with E-state index in [0.717, 1.165) is 5.56 Å². The van der Waals surface area contributed by atoms with Crippen LogP contribution in [0.15, 0.2) is 18.2 Å². The van der Waals surface area contributed by atoms with Crippen molar-refractivity contribution in [3.05, 3.63) is 34.9 Å². The number of benzene rings is 1. The highest BCUT2D eigenvalue weighted by Gasteiger charge is 2.42. The van der Waals surface area contributed by atoms with Gasteiger partial charge >= 0.3 is 0 Å². The Hall–Kier alpha value is -0.860. The Kier molecular flexibility index (Phi) is 5.03. The van der Waals surface area contributed by atoms with Gasteiger partial charge in [-0.2, -0.15) is 0 Å². The van der Waals surface area contributed by atoms with Crippen LogP contribution in [0, 0.1) is 5.92 Å². The zero-order chi connectivity index (χ0) is 16.5. The minimum absolute atomic E-state index is 0.184. The van der Waals surface area contributed by atoms with Gasteiger partial charge in [0.05, 0.1) is 0 Å². The van der Waals surface area contributed by atoms with E-state index in [4.69, 9.17) is 9.47 Å². The third kappa shape index (κ3) is 3.09. The van der Waals surface area contributed by atoms with Gasteiger partial charge in [-0.3, -0.25) is 0 Å². The minimum Gasteiger partial charge on any atom is -0.349 e. The van der Waals surface area contributed by atoms with Gasteiger partial charge in [-0.05, 0) is 54.2 Å². The second-order valence-corrected chi connectivity index (χ2v) is 7.76. The lowest BCUT2D eigenvalue weighted by molar-refractivity contribution is -0.140. The van der Waals surface area contributed by atoms with Gasteiger partial charge in [-0.1, -0.05) is 46.8 Å². The Morgan fingerprint density at radius 2 is 1.64 bits per heavy atom. The molecule has 0 radical (unpaired) electrons. The highest BCUT2D eigenvalue weighted by molar-refractivity contribution is 5.44. The van der Waals surface area contributed by atoms with Gasteiger partial charge in [0.25, 0.3) is 0 Å². The van der Waals surface area contributed by atoms with Crippen LogP contribution in [0.3, 0.4) is 0 Å². The van der Waals surface area contributed by atoms with E-state index in [1.165, 1.54) is 17.5 Å². The van der Waals surface area contributed by atoms with E-state index in [2.05, 4.69) is 52.8 Å². The van der Waals surface area contributed by atoms with Gasteiger partial charge in [0.1, 0.15) is 0 Å². The molecule has 0 bridgehead atoms. The van der Waals surface area contributed by atoms with Crippen molar-refractivity contribution >= 4 is 0 Å². The number of rotatable bonds is 5. The molecule has 2 rings (SSSR count). The molecule has 0 saturated carbocycles. The van der Waals surface area contributed by atoms with E-state index in [-0.39, 0.29) is 17.1 Å². The number of hydrogen-bond donors (Lipinski definition) is 0. The second-order valence-electron chi connectivity index (χ2n) is 7.76. The Bertz CT molecular complexity index is 510. The molecule has 1 atom stereocenters. The van der Waals surface area contributed by atoms with Gasteiger partial charge in [0.2, 0.25) is 0 Å². The molecule has 0 fully saturated rings. The molecule has 0 aliphatic heterocycles. The maximum atomic E-state index is 5.78. The monoisotopic (exact) mass is 304 g/mol. The molecule has 1 aliphatic rings. The molecule has 1 unspecified atom stereocenters. The van der Waals surface area contributed by atoms with E-state index in [1.807, 2.05) is 13.8 Å². The summed E-state index contributed by atoms with van der Waals surface area (Å²) in [6.45, 7) is 17.2. The van der Waals surface area contributed by atoms with Crippen LogP contribution in [-0.2, 0) is 20.3 Å². The van der Waals surface area contributed by atoms with Crippen LogP contribution in [0.1, 0.15) is 77.9 Å². The number of hydrogen-bond acceptors (Lipinski definition) is 2. The van der Waals surface area contributed by atoms with Gasteiger partial charge < -0.3 is 9.47 Å². The molecular weight excluding hydrogens is 272 g/mol. The van der Waals surface area contributed by atoms with E-state index in [1.54, 1.807) is 0 Å². The van der Waals surface area contributed by atoms with Gasteiger partial charge in [0.15, 0.2) is 6.29 Å². The summed E-state index contributed by atoms with van der Waals surface area (Å²) in [6, 6.07) is 6.80. The van der Waals surface area contributed by atoms with Crippen molar-refractivity contribution < 1.29 is 9.47 Å². The molecule has 0 aromatic heterocycles. The molecule has 0 spiro atoms. The Balaban J connectivity index is 2.50. The fourth-order valence-electron chi connectivity index (χ4n) is 3.77. The summed E-state index contributed by atoms with van der Waals surface area (Å²) in [5.41, 5.74) is 4.49. The zero-order valence-corrected chi connectivity index (χ0v) is 15.3. The van der Waals surface area contributed by atoms with Crippen molar-refractivity contribution in [1.29, 1.82) is 0 Å². The van der Waals surface area contributed by atoms with Crippen molar-refractivity contribution in [3.63, 3.8) is 0 Å². The Morgan fingerprint density at radius 3 is 2.18 bits per heavy atom. The summed E-state index contributed by atoms with van der Waals surface area (Å²) in [6.07, 6.45) is 0.976. The van der Waals surface area contributed by atoms with Crippen LogP contribution in [-0.4, -0.2) is 13.2 Å². The second kappa shape index (κ2) is 6.33. The third-order valence-electron chi connectivity index (χ3n) is 5.42. The highest BCUT2D eigenvalue weighted by Crippen LogP contribution is 2.49. The summed E-state index contributed by atoms with van der Waals surface area (Å²) in [4.78, 5) is 0. The molecular formula is C20H32O2. The molecule has 124 valence electrons. The predicted octanol–water partition coefficient (Wildman–Crippen LogP) is 5.35. The van der Waals surface area contributed by atoms with Gasteiger partial charge in [-0.25, -0.2) is 0 Å². The first kappa shape index (κ1) is 17.5. The van der Waals surface area contributed by atoms with Crippen LogP contribution in [0.4, 0.5) is 0 Å². The predicted molar refractivity (Wildman–Crippen MR) is 92.3 cm³/mol. The molecule has 0 amide bonds. The van der Waals surface area contributed by atoms with Crippen LogP contribution >= 0.6 is 0 Å².